The molecule has 1 aliphatic heterocycles. The summed E-state index contributed by atoms with van der Waals surface area (Å²) in [5.41, 5.74) is 1.82. The summed E-state index contributed by atoms with van der Waals surface area (Å²) < 4.78 is 0. The van der Waals surface area contributed by atoms with E-state index in [4.69, 9.17) is 6.42 Å². The number of nitrogens with one attached hydrogen (secondary N) is 1. The maximum atomic E-state index is 12.1. The summed E-state index contributed by atoms with van der Waals surface area (Å²) in [6.07, 6.45) is 6.27. The molecule has 0 radical (unpaired) electrons. The maximum absolute atomic E-state index is 12.1. The van der Waals surface area contributed by atoms with Crippen LogP contribution in [0.4, 0.5) is 5.69 Å². The molecule has 106 valence electrons. The van der Waals surface area contributed by atoms with Gasteiger partial charge in [-0.3, -0.25) is 4.79 Å². The van der Waals surface area contributed by atoms with E-state index in [0.29, 0.717) is 6.42 Å². The van der Waals surface area contributed by atoms with Gasteiger partial charge in [0.1, 0.15) is 6.04 Å². The van der Waals surface area contributed by atoms with Gasteiger partial charge in [-0.15, -0.1) is 6.42 Å². The van der Waals surface area contributed by atoms with Crippen LogP contribution in [0.2, 0.25) is 0 Å². The first-order valence-electron chi connectivity index (χ1n) is 6.90. The second kappa shape index (κ2) is 6.44. The first kappa shape index (κ1) is 14.4. The van der Waals surface area contributed by atoms with Gasteiger partial charge in [0.05, 0.1) is 12.6 Å². The third-order valence-electron chi connectivity index (χ3n) is 3.69. The summed E-state index contributed by atoms with van der Waals surface area (Å²) in [6.45, 7) is 2.85. The van der Waals surface area contributed by atoms with E-state index in [9.17, 15) is 9.90 Å². The van der Waals surface area contributed by atoms with E-state index in [1.54, 1.807) is 0 Å². The van der Waals surface area contributed by atoms with Crippen molar-refractivity contribution in [2.24, 2.45) is 0 Å². The number of amides is 1. The van der Waals surface area contributed by atoms with E-state index in [-0.39, 0.29) is 18.5 Å². The molecule has 1 heterocycles. The number of fused-ring (bicyclic) bond motifs is 1. The monoisotopic (exact) mass is 272 g/mol. The number of hydrogen-bond acceptors (Lipinski definition) is 3. The minimum absolute atomic E-state index is 0.0888. The fraction of sp³-hybridized carbons (Fsp3) is 0.438. The lowest BCUT2D eigenvalue weighted by atomic mass is 10.0. The Morgan fingerprint density at radius 3 is 3.10 bits per heavy atom. The molecule has 1 aromatic carbocycles. The topological polar surface area (TPSA) is 52.6 Å². The van der Waals surface area contributed by atoms with Crippen LogP contribution < -0.4 is 10.2 Å². The van der Waals surface area contributed by atoms with Crippen LogP contribution in [0.1, 0.15) is 31.4 Å². The van der Waals surface area contributed by atoms with E-state index in [1.807, 2.05) is 36.1 Å². The highest BCUT2D eigenvalue weighted by molar-refractivity contribution is 5.85. The SMILES string of the molecule is C#CCNC(=O)C(C)N1CCCC(O)c2ccccc21. The van der Waals surface area contributed by atoms with Crippen LogP contribution in [-0.2, 0) is 4.79 Å². The highest BCUT2D eigenvalue weighted by atomic mass is 16.3. The van der Waals surface area contributed by atoms with Crippen molar-refractivity contribution in [1.82, 2.24) is 5.32 Å². The van der Waals surface area contributed by atoms with Crippen molar-refractivity contribution in [3.05, 3.63) is 29.8 Å². The number of anilines is 1. The Bertz CT molecular complexity index is 521. The molecule has 2 rings (SSSR count). The summed E-state index contributed by atoms with van der Waals surface area (Å²) in [7, 11) is 0. The van der Waals surface area contributed by atoms with Gasteiger partial charge in [0.2, 0.25) is 5.91 Å². The summed E-state index contributed by atoms with van der Waals surface area (Å²) in [5, 5.41) is 12.9. The lowest BCUT2D eigenvalue weighted by molar-refractivity contribution is -0.121. The fourth-order valence-corrected chi connectivity index (χ4v) is 2.59. The minimum atomic E-state index is -0.461. The lowest BCUT2D eigenvalue weighted by Gasteiger charge is -2.30. The van der Waals surface area contributed by atoms with E-state index >= 15 is 0 Å². The van der Waals surface area contributed by atoms with Gasteiger partial charge >= 0.3 is 0 Å². The van der Waals surface area contributed by atoms with Crippen molar-refractivity contribution in [2.75, 3.05) is 18.0 Å². The smallest absolute Gasteiger partial charge is 0.243 e. The van der Waals surface area contributed by atoms with Crippen molar-refractivity contribution in [3.8, 4) is 12.3 Å². The quantitative estimate of drug-likeness (QED) is 0.819. The molecule has 0 aromatic heterocycles. The Balaban J connectivity index is 2.25. The molecular formula is C16H20N2O2. The molecule has 1 aromatic rings. The number of hydrogen-bond donors (Lipinski definition) is 2. The number of terminal acetylenes is 1. The van der Waals surface area contributed by atoms with Crippen molar-refractivity contribution in [3.63, 3.8) is 0 Å². The highest BCUT2D eigenvalue weighted by Gasteiger charge is 2.27. The zero-order valence-electron chi connectivity index (χ0n) is 11.7. The van der Waals surface area contributed by atoms with Crippen molar-refractivity contribution < 1.29 is 9.90 Å². The van der Waals surface area contributed by atoms with E-state index < -0.39 is 6.10 Å². The molecule has 1 amide bonds. The van der Waals surface area contributed by atoms with Crippen LogP contribution in [0.3, 0.4) is 0 Å². The predicted octanol–water partition coefficient (Wildman–Crippen LogP) is 1.46. The van der Waals surface area contributed by atoms with Gasteiger partial charge in [-0.2, -0.15) is 0 Å². The van der Waals surface area contributed by atoms with E-state index in [1.165, 1.54) is 0 Å². The number of para-hydroxylation sites is 1. The van der Waals surface area contributed by atoms with Gasteiger partial charge in [0.25, 0.3) is 0 Å². The molecule has 0 spiro atoms. The number of benzene rings is 1. The Labute approximate surface area is 119 Å². The van der Waals surface area contributed by atoms with Crippen molar-refractivity contribution in [2.45, 2.75) is 31.9 Å². The Hall–Kier alpha value is -1.99. The molecule has 0 aliphatic carbocycles. The summed E-state index contributed by atoms with van der Waals surface area (Å²) in [6, 6.07) is 7.40. The number of rotatable bonds is 3. The van der Waals surface area contributed by atoms with E-state index in [0.717, 1.165) is 24.2 Å². The molecule has 0 bridgehead atoms. The third-order valence-corrected chi connectivity index (χ3v) is 3.69. The molecule has 0 saturated heterocycles. The third kappa shape index (κ3) is 2.94. The number of carbonyl (C=O) groups is 1. The second-order valence-electron chi connectivity index (χ2n) is 5.01. The molecule has 2 atom stereocenters. The van der Waals surface area contributed by atoms with Crippen LogP contribution in [0.25, 0.3) is 0 Å². The van der Waals surface area contributed by atoms with Gasteiger partial charge in [-0.05, 0) is 25.8 Å². The zero-order chi connectivity index (χ0) is 14.5. The first-order chi connectivity index (χ1) is 9.65. The van der Waals surface area contributed by atoms with Crippen LogP contribution in [0.15, 0.2) is 24.3 Å². The van der Waals surface area contributed by atoms with Crippen LogP contribution in [0, 0.1) is 12.3 Å². The van der Waals surface area contributed by atoms with Crippen LogP contribution >= 0.6 is 0 Å². The van der Waals surface area contributed by atoms with E-state index in [2.05, 4.69) is 11.2 Å². The van der Waals surface area contributed by atoms with Gasteiger partial charge in [-0.25, -0.2) is 0 Å². The largest absolute Gasteiger partial charge is 0.388 e. The van der Waals surface area contributed by atoms with Crippen LogP contribution in [0.5, 0.6) is 0 Å². The molecule has 2 N–H and O–H groups in total. The van der Waals surface area contributed by atoms with Crippen molar-refractivity contribution in [1.29, 1.82) is 0 Å². The fourth-order valence-electron chi connectivity index (χ4n) is 2.59. The van der Waals surface area contributed by atoms with Gasteiger partial charge in [-0.1, -0.05) is 24.1 Å². The van der Waals surface area contributed by atoms with Gasteiger partial charge in [0.15, 0.2) is 0 Å². The average Bonchev–Trinajstić information content (AvgIpc) is 2.64. The summed E-state index contributed by atoms with van der Waals surface area (Å²) >= 11 is 0. The average molecular weight is 272 g/mol. The molecular weight excluding hydrogens is 252 g/mol. The minimum Gasteiger partial charge on any atom is -0.388 e. The van der Waals surface area contributed by atoms with Gasteiger partial charge < -0.3 is 15.3 Å². The molecule has 4 nitrogen and oxygen atoms in total. The number of aliphatic hydroxyl groups excluding tert-OH is 1. The normalized spacial score (nSPS) is 19.4. The molecule has 0 saturated carbocycles. The number of aliphatic hydroxyl groups is 1. The summed E-state index contributed by atoms with van der Waals surface area (Å²) in [5.74, 6) is 2.32. The molecule has 0 fully saturated rings. The first-order valence-corrected chi connectivity index (χ1v) is 6.90. The maximum Gasteiger partial charge on any atom is 0.243 e. The van der Waals surface area contributed by atoms with Gasteiger partial charge in [0, 0.05) is 17.8 Å². The van der Waals surface area contributed by atoms with Crippen LogP contribution in [-0.4, -0.2) is 30.1 Å². The molecule has 2 unspecified atom stereocenters. The number of nitrogens with zero attached hydrogens (tertiary/aromatic N) is 1. The number of carbonyl (C=O) groups excluding carboxylic acids is 1. The molecule has 20 heavy (non-hydrogen) atoms. The predicted molar refractivity (Wildman–Crippen MR) is 79.3 cm³/mol. The summed E-state index contributed by atoms with van der Waals surface area (Å²) in [4.78, 5) is 14.1. The Kier molecular flexibility index (Phi) is 4.65. The Morgan fingerprint density at radius 1 is 1.60 bits per heavy atom. The lowest BCUT2D eigenvalue weighted by Crippen LogP contribution is -2.45. The molecule has 1 aliphatic rings. The standard InChI is InChI=1S/C16H20N2O2/c1-3-10-17-16(20)12(2)18-11-6-9-15(19)13-7-4-5-8-14(13)18/h1,4-5,7-8,12,15,19H,6,9-11H2,2H3,(H,17,20). The van der Waals surface area contributed by atoms with Crippen molar-refractivity contribution >= 4 is 11.6 Å². The molecule has 4 heteroatoms. The highest BCUT2D eigenvalue weighted by Crippen LogP contribution is 2.33. The zero-order valence-corrected chi connectivity index (χ0v) is 11.7. The second-order valence-corrected chi connectivity index (χ2v) is 5.01. The Morgan fingerprint density at radius 2 is 2.35 bits per heavy atom.